The van der Waals surface area contributed by atoms with Gasteiger partial charge in [-0.25, -0.2) is 4.68 Å². The quantitative estimate of drug-likeness (QED) is 0.452. The molecule has 0 aliphatic carbocycles. The van der Waals surface area contributed by atoms with E-state index in [-0.39, 0.29) is 43.4 Å². The van der Waals surface area contributed by atoms with Crippen LogP contribution in [0.25, 0.3) is 6.08 Å². The Hall–Kier alpha value is -3.06. The monoisotopic (exact) mass is 462 g/mol. The van der Waals surface area contributed by atoms with Gasteiger partial charge in [0.15, 0.2) is 11.5 Å². The van der Waals surface area contributed by atoms with E-state index in [1.165, 1.54) is 16.4 Å². The van der Waals surface area contributed by atoms with E-state index >= 15 is 0 Å². The molecule has 1 aromatic carbocycles. The molecule has 1 fully saturated rings. The minimum atomic E-state index is -0.382. The van der Waals surface area contributed by atoms with Crippen LogP contribution in [0.1, 0.15) is 12.0 Å². The lowest BCUT2D eigenvalue weighted by Gasteiger charge is -2.12. The summed E-state index contributed by atoms with van der Waals surface area (Å²) in [4.78, 5) is 38.3. The smallest absolute Gasteiger partial charge is 0.293 e. The molecule has 4 rings (SSSR count). The van der Waals surface area contributed by atoms with Gasteiger partial charge < -0.3 is 14.8 Å². The second kappa shape index (κ2) is 9.39. The lowest BCUT2D eigenvalue weighted by Crippen LogP contribution is -2.37. The Bertz CT molecular complexity index is 1060. The first-order valence-electron chi connectivity index (χ1n) is 9.28. The second-order valence-corrected chi connectivity index (χ2v) is 8.53. The van der Waals surface area contributed by atoms with Crippen LogP contribution in [0.5, 0.6) is 11.5 Å². The number of aryl methyl sites for hydroxylation is 1. The van der Waals surface area contributed by atoms with Gasteiger partial charge in [-0.2, -0.15) is 0 Å². The maximum absolute atomic E-state index is 12.6. The van der Waals surface area contributed by atoms with Gasteiger partial charge in [0.2, 0.25) is 17.9 Å². The van der Waals surface area contributed by atoms with Crippen molar-refractivity contribution in [3.63, 3.8) is 0 Å². The van der Waals surface area contributed by atoms with Crippen LogP contribution < -0.4 is 14.8 Å². The van der Waals surface area contributed by atoms with Gasteiger partial charge >= 0.3 is 0 Å². The highest BCUT2D eigenvalue weighted by Gasteiger charge is 2.34. The Labute approximate surface area is 185 Å². The minimum absolute atomic E-state index is 0.106. The summed E-state index contributed by atoms with van der Waals surface area (Å²) in [5.74, 6) is 1.20. The standard InChI is InChI=1S/C18H18N6O5S2/c1-23-17(20-21-22-23)30-7-4-15(25)19-5-6-24-16(26)14(31-18(24)27)9-11-2-3-12-13(8-11)29-10-28-12/h2-3,8-9H,4-7,10H2,1H3,(H,19,25)/b14-9+. The Morgan fingerprint density at radius 1 is 1.32 bits per heavy atom. The lowest BCUT2D eigenvalue weighted by atomic mass is 10.2. The van der Waals surface area contributed by atoms with Crippen LogP contribution in [0.3, 0.4) is 0 Å². The molecule has 11 nitrogen and oxygen atoms in total. The highest BCUT2D eigenvalue weighted by Crippen LogP contribution is 2.36. The number of benzene rings is 1. The maximum atomic E-state index is 12.6. The molecule has 3 heterocycles. The predicted octanol–water partition coefficient (Wildman–Crippen LogP) is 1.27. The number of imide groups is 1. The van der Waals surface area contributed by atoms with Gasteiger partial charge in [0.05, 0.1) is 4.91 Å². The molecule has 2 aromatic rings. The van der Waals surface area contributed by atoms with Gasteiger partial charge in [-0.3, -0.25) is 19.3 Å². The average molecular weight is 463 g/mol. The number of carbonyl (C=O) groups excluding carboxylic acids is 3. The molecule has 1 aromatic heterocycles. The van der Waals surface area contributed by atoms with Crippen molar-refractivity contribution in [1.29, 1.82) is 0 Å². The molecule has 13 heteroatoms. The highest BCUT2D eigenvalue weighted by atomic mass is 32.2. The number of carbonyl (C=O) groups is 3. The first kappa shape index (κ1) is 21.2. The van der Waals surface area contributed by atoms with Gasteiger partial charge in [-0.15, -0.1) is 5.10 Å². The number of amides is 3. The summed E-state index contributed by atoms with van der Waals surface area (Å²) < 4.78 is 12.1. The van der Waals surface area contributed by atoms with Crippen molar-refractivity contribution in [3.8, 4) is 11.5 Å². The summed E-state index contributed by atoms with van der Waals surface area (Å²) in [5.41, 5.74) is 0.735. The molecular weight excluding hydrogens is 444 g/mol. The van der Waals surface area contributed by atoms with Crippen molar-refractivity contribution in [2.45, 2.75) is 11.6 Å². The van der Waals surface area contributed by atoms with Crippen LogP contribution >= 0.6 is 23.5 Å². The zero-order chi connectivity index (χ0) is 21.8. The summed E-state index contributed by atoms with van der Waals surface area (Å²) in [7, 11) is 1.72. The third-order valence-corrected chi connectivity index (χ3v) is 6.29. The number of fused-ring (bicyclic) bond motifs is 1. The molecule has 31 heavy (non-hydrogen) atoms. The number of nitrogens with one attached hydrogen (secondary N) is 1. The summed E-state index contributed by atoms with van der Waals surface area (Å²) in [6.07, 6.45) is 1.91. The molecule has 2 aliphatic heterocycles. The zero-order valence-corrected chi connectivity index (χ0v) is 18.1. The molecule has 0 radical (unpaired) electrons. The summed E-state index contributed by atoms with van der Waals surface area (Å²) >= 11 is 2.24. The molecular formula is C18H18N6O5S2. The summed E-state index contributed by atoms with van der Waals surface area (Å²) in [6, 6.07) is 5.30. The first-order valence-corrected chi connectivity index (χ1v) is 11.1. The van der Waals surface area contributed by atoms with E-state index in [4.69, 9.17) is 9.47 Å². The third kappa shape index (κ3) is 4.99. The van der Waals surface area contributed by atoms with Crippen LogP contribution in [-0.2, 0) is 16.6 Å². The normalized spacial score (nSPS) is 16.4. The van der Waals surface area contributed by atoms with Crippen molar-refractivity contribution in [2.75, 3.05) is 25.6 Å². The van der Waals surface area contributed by atoms with Crippen LogP contribution in [0.2, 0.25) is 0 Å². The van der Waals surface area contributed by atoms with E-state index in [0.29, 0.717) is 27.3 Å². The molecule has 0 bridgehead atoms. The Balaban J connectivity index is 1.24. The number of hydrogen-bond acceptors (Lipinski definition) is 10. The highest BCUT2D eigenvalue weighted by molar-refractivity contribution is 8.18. The number of rotatable bonds is 8. The van der Waals surface area contributed by atoms with Crippen LogP contribution in [-0.4, -0.2) is 67.8 Å². The average Bonchev–Trinajstić information content (AvgIpc) is 3.44. The van der Waals surface area contributed by atoms with Crippen LogP contribution in [0, 0.1) is 0 Å². The zero-order valence-electron chi connectivity index (χ0n) is 16.4. The van der Waals surface area contributed by atoms with Crippen molar-refractivity contribution in [2.24, 2.45) is 7.05 Å². The third-order valence-electron chi connectivity index (χ3n) is 4.37. The maximum Gasteiger partial charge on any atom is 0.293 e. The van der Waals surface area contributed by atoms with E-state index < -0.39 is 0 Å². The van der Waals surface area contributed by atoms with E-state index in [1.807, 2.05) is 0 Å². The summed E-state index contributed by atoms with van der Waals surface area (Å²) in [6.45, 7) is 0.455. The van der Waals surface area contributed by atoms with E-state index in [1.54, 1.807) is 31.3 Å². The second-order valence-electron chi connectivity index (χ2n) is 6.48. The van der Waals surface area contributed by atoms with Crippen molar-refractivity contribution < 1.29 is 23.9 Å². The summed E-state index contributed by atoms with van der Waals surface area (Å²) in [5, 5.41) is 14.1. The number of aromatic nitrogens is 4. The van der Waals surface area contributed by atoms with Crippen molar-refractivity contribution >= 4 is 46.7 Å². The fourth-order valence-electron chi connectivity index (χ4n) is 2.82. The molecule has 2 aliphatic rings. The number of tetrazole rings is 1. The molecule has 0 spiro atoms. The van der Waals surface area contributed by atoms with E-state index in [9.17, 15) is 14.4 Å². The van der Waals surface area contributed by atoms with Gasteiger partial charge in [-0.1, -0.05) is 17.8 Å². The SMILES string of the molecule is Cn1nnnc1SCCC(=O)NCCN1C(=O)S/C(=C/c2ccc3c(c2)OCO3)C1=O. The minimum Gasteiger partial charge on any atom is -0.454 e. The molecule has 162 valence electrons. The largest absolute Gasteiger partial charge is 0.454 e. The number of nitrogens with zero attached hydrogens (tertiary/aromatic N) is 5. The van der Waals surface area contributed by atoms with E-state index in [0.717, 1.165) is 22.2 Å². The van der Waals surface area contributed by atoms with Gasteiger partial charge in [0, 0.05) is 32.3 Å². The topological polar surface area (TPSA) is 129 Å². The molecule has 0 atom stereocenters. The number of hydrogen-bond donors (Lipinski definition) is 1. The molecule has 1 saturated heterocycles. The number of thioether (sulfide) groups is 2. The van der Waals surface area contributed by atoms with Crippen LogP contribution in [0.4, 0.5) is 4.79 Å². The molecule has 1 N–H and O–H groups in total. The van der Waals surface area contributed by atoms with Crippen molar-refractivity contribution in [1.82, 2.24) is 30.4 Å². The fraction of sp³-hybridized carbons (Fsp3) is 0.333. The number of ether oxygens (including phenoxy) is 2. The Morgan fingerprint density at radius 2 is 2.16 bits per heavy atom. The lowest BCUT2D eigenvalue weighted by molar-refractivity contribution is -0.124. The first-order chi connectivity index (χ1) is 15.0. The molecule has 0 saturated carbocycles. The Morgan fingerprint density at radius 3 is 2.97 bits per heavy atom. The van der Waals surface area contributed by atoms with Crippen LogP contribution in [0.15, 0.2) is 28.3 Å². The molecule has 3 amide bonds. The van der Waals surface area contributed by atoms with Gasteiger partial charge in [-0.05, 0) is 46.0 Å². The molecule has 0 unspecified atom stereocenters. The Kier molecular flexibility index (Phi) is 6.42. The van der Waals surface area contributed by atoms with E-state index in [2.05, 4.69) is 20.8 Å². The fourth-order valence-corrected chi connectivity index (χ4v) is 4.47. The predicted molar refractivity (Wildman–Crippen MR) is 112 cm³/mol. The van der Waals surface area contributed by atoms with Gasteiger partial charge in [0.1, 0.15) is 0 Å². The van der Waals surface area contributed by atoms with Gasteiger partial charge in [0.25, 0.3) is 11.1 Å². The van der Waals surface area contributed by atoms with Crippen molar-refractivity contribution in [3.05, 3.63) is 28.7 Å².